The molecule has 0 spiro atoms. The van der Waals surface area contributed by atoms with Gasteiger partial charge in [0.25, 0.3) is 0 Å². The van der Waals surface area contributed by atoms with E-state index in [1.54, 1.807) is 12.1 Å². The van der Waals surface area contributed by atoms with Gasteiger partial charge in [0.15, 0.2) is 0 Å². The maximum absolute atomic E-state index is 9.93. The highest BCUT2D eigenvalue weighted by Gasteiger charge is 2.20. The summed E-state index contributed by atoms with van der Waals surface area (Å²) in [6.07, 6.45) is 0. The summed E-state index contributed by atoms with van der Waals surface area (Å²) in [6.45, 7) is 0. The van der Waals surface area contributed by atoms with Crippen molar-refractivity contribution in [3.05, 3.63) is 59.7 Å². The molecule has 0 radical (unpaired) electrons. The minimum Gasteiger partial charge on any atom is -0.506 e. The number of benzene rings is 3. The molecule has 0 aliphatic carbocycles. The first-order valence-electron chi connectivity index (χ1n) is 6.54. The molecule has 0 bridgehead atoms. The van der Waals surface area contributed by atoms with Gasteiger partial charge in [0, 0.05) is 11.6 Å². The number of phenols is 2. The van der Waals surface area contributed by atoms with Gasteiger partial charge in [-0.2, -0.15) is 10.5 Å². The molecular formula is C18H10N2O2. The average molecular weight is 286 g/mol. The number of fused-ring (bicyclic) bond motifs is 1. The molecule has 2 N–H and O–H groups in total. The van der Waals surface area contributed by atoms with Crippen molar-refractivity contribution >= 4 is 10.8 Å². The standard InChI is InChI=1S/C18H10N2O2/c19-9-14-16(21)8-17(22)15(10-20)18(14)13-7-3-5-11-4-1-2-6-12(11)13/h1-8,21-22H. The van der Waals surface area contributed by atoms with Crippen molar-refractivity contribution in [2.24, 2.45) is 0 Å². The zero-order chi connectivity index (χ0) is 15.7. The maximum atomic E-state index is 9.93. The lowest BCUT2D eigenvalue weighted by atomic mass is 9.90. The van der Waals surface area contributed by atoms with E-state index in [-0.39, 0.29) is 28.2 Å². The fourth-order valence-corrected chi connectivity index (χ4v) is 2.59. The van der Waals surface area contributed by atoms with Crippen molar-refractivity contribution in [1.82, 2.24) is 0 Å². The lowest BCUT2D eigenvalue weighted by Gasteiger charge is -2.12. The minimum atomic E-state index is -0.345. The molecule has 0 aliphatic rings. The molecular weight excluding hydrogens is 276 g/mol. The maximum Gasteiger partial charge on any atom is 0.137 e. The van der Waals surface area contributed by atoms with Gasteiger partial charge in [-0.15, -0.1) is 0 Å². The Kier molecular flexibility index (Phi) is 3.14. The van der Waals surface area contributed by atoms with Gasteiger partial charge in [0.2, 0.25) is 0 Å². The first-order valence-corrected chi connectivity index (χ1v) is 6.54. The van der Waals surface area contributed by atoms with Crippen molar-refractivity contribution < 1.29 is 10.2 Å². The van der Waals surface area contributed by atoms with Crippen molar-refractivity contribution in [2.45, 2.75) is 0 Å². The predicted octanol–water partition coefficient (Wildman–Crippen LogP) is 3.66. The molecule has 0 fully saturated rings. The number of hydrogen-bond acceptors (Lipinski definition) is 4. The number of rotatable bonds is 1. The Labute approximate surface area is 126 Å². The third kappa shape index (κ3) is 1.91. The van der Waals surface area contributed by atoms with E-state index >= 15 is 0 Å². The Morgan fingerprint density at radius 2 is 1.36 bits per heavy atom. The van der Waals surface area contributed by atoms with Crippen LogP contribution in [0, 0.1) is 22.7 Å². The van der Waals surface area contributed by atoms with E-state index in [4.69, 9.17) is 0 Å². The molecule has 0 aliphatic heterocycles. The smallest absolute Gasteiger partial charge is 0.137 e. The summed E-state index contributed by atoms with van der Waals surface area (Å²) in [5.74, 6) is -0.691. The van der Waals surface area contributed by atoms with Gasteiger partial charge in [0.1, 0.15) is 34.8 Å². The molecule has 0 heterocycles. The van der Waals surface area contributed by atoms with Crippen molar-refractivity contribution in [3.63, 3.8) is 0 Å². The average Bonchev–Trinajstić information content (AvgIpc) is 2.54. The summed E-state index contributed by atoms with van der Waals surface area (Å²) >= 11 is 0. The number of aromatic hydroxyl groups is 2. The van der Waals surface area contributed by atoms with Crippen molar-refractivity contribution in [2.75, 3.05) is 0 Å². The zero-order valence-corrected chi connectivity index (χ0v) is 11.4. The van der Waals surface area contributed by atoms with E-state index in [2.05, 4.69) is 0 Å². The summed E-state index contributed by atoms with van der Waals surface area (Å²) in [5, 5.41) is 40.3. The van der Waals surface area contributed by atoms with E-state index in [1.165, 1.54) is 0 Å². The van der Waals surface area contributed by atoms with Crippen LogP contribution in [0.1, 0.15) is 11.1 Å². The third-order valence-electron chi connectivity index (χ3n) is 3.57. The Bertz CT molecular complexity index is 935. The van der Waals surface area contributed by atoms with Gasteiger partial charge in [-0.05, 0) is 16.3 Å². The highest BCUT2D eigenvalue weighted by molar-refractivity contribution is 6.00. The topological polar surface area (TPSA) is 88.0 Å². The van der Waals surface area contributed by atoms with Gasteiger partial charge >= 0.3 is 0 Å². The lowest BCUT2D eigenvalue weighted by Crippen LogP contribution is -1.93. The minimum absolute atomic E-state index is 0.0225. The van der Waals surface area contributed by atoms with E-state index in [0.717, 1.165) is 16.8 Å². The highest BCUT2D eigenvalue weighted by Crippen LogP contribution is 2.40. The van der Waals surface area contributed by atoms with Crippen LogP contribution in [0.4, 0.5) is 0 Å². The summed E-state index contributed by atoms with van der Waals surface area (Å²) in [4.78, 5) is 0. The van der Waals surface area contributed by atoms with Crippen LogP contribution in [0.3, 0.4) is 0 Å². The largest absolute Gasteiger partial charge is 0.506 e. The molecule has 0 amide bonds. The molecule has 4 nitrogen and oxygen atoms in total. The summed E-state index contributed by atoms with van der Waals surface area (Å²) in [7, 11) is 0. The van der Waals surface area contributed by atoms with Crippen LogP contribution < -0.4 is 0 Å². The molecule has 4 heteroatoms. The first-order chi connectivity index (χ1) is 10.7. The fraction of sp³-hybridized carbons (Fsp3) is 0. The first kappa shape index (κ1) is 13.5. The molecule has 3 aromatic rings. The van der Waals surface area contributed by atoms with Crippen LogP contribution in [0.5, 0.6) is 11.5 Å². The Balaban J connectivity index is 2.51. The molecule has 104 valence electrons. The number of nitriles is 2. The second-order valence-corrected chi connectivity index (χ2v) is 4.79. The summed E-state index contributed by atoms with van der Waals surface area (Å²) in [6, 6.07) is 17.9. The van der Waals surface area contributed by atoms with Crippen molar-refractivity contribution in [1.29, 1.82) is 10.5 Å². The van der Waals surface area contributed by atoms with Gasteiger partial charge in [-0.3, -0.25) is 0 Å². The SMILES string of the molecule is N#Cc1c(O)cc(O)c(C#N)c1-c1cccc2ccccc12. The Morgan fingerprint density at radius 3 is 2.00 bits per heavy atom. The molecule has 3 rings (SSSR count). The van der Waals surface area contributed by atoms with Crippen LogP contribution in [-0.2, 0) is 0 Å². The normalized spacial score (nSPS) is 10.1. The molecule has 22 heavy (non-hydrogen) atoms. The van der Waals surface area contributed by atoms with Crippen LogP contribution >= 0.6 is 0 Å². The summed E-state index contributed by atoms with van der Waals surface area (Å²) < 4.78 is 0. The fourth-order valence-electron chi connectivity index (χ4n) is 2.59. The third-order valence-corrected chi connectivity index (χ3v) is 3.57. The molecule has 3 aromatic carbocycles. The second kappa shape index (κ2) is 5.12. The van der Waals surface area contributed by atoms with Gasteiger partial charge in [-0.1, -0.05) is 42.5 Å². The predicted molar refractivity (Wildman–Crippen MR) is 82.1 cm³/mol. The van der Waals surface area contributed by atoms with E-state index in [1.807, 2.05) is 42.5 Å². The van der Waals surface area contributed by atoms with Crippen LogP contribution in [0.15, 0.2) is 48.5 Å². The van der Waals surface area contributed by atoms with Gasteiger partial charge < -0.3 is 10.2 Å². The molecule has 0 saturated heterocycles. The second-order valence-electron chi connectivity index (χ2n) is 4.79. The van der Waals surface area contributed by atoms with E-state index < -0.39 is 0 Å². The lowest BCUT2D eigenvalue weighted by molar-refractivity contribution is 0.449. The Hall–Kier alpha value is -3.50. The van der Waals surface area contributed by atoms with Gasteiger partial charge in [0.05, 0.1) is 0 Å². The van der Waals surface area contributed by atoms with Gasteiger partial charge in [-0.25, -0.2) is 0 Å². The quantitative estimate of drug-likeness (QED) is 0.714. The highest BCUT2D eigenvalue weighted by atomic mass is 16.3. The molecule has 0 aromatic heterocycles. The zero-order valence-electron chi connectivity index (χ0n) is 11.4. The number of nitrogens with zero attached hydrogens (tertiary/aromatic N) is 2. The van der Waals surface area contributed by atoms with Crippen molar-refractivity contribution in [3.8, 4) is 34.8 Å². The molecule has 0 unspecified atom stereocenters. The monoisotopic (exact) mass is 286 g/mol. The van der Waals surface area contributed by atoms with Crippen LogP contribution in [-0.4, -0.2) is 10.2 Å². The Morgan fingerprint density at radius 1 is 0.773 bits per heavy atom. The van der Waals surface area contributed by atoms with Crippen LogP contribution in [0.2, 0.25) is 0 Å². The van der Waals surface area contributed by atoms with E-state index in [9.17, 15) is 20.7 Å². The summed E-state index contributed by atoms with van der Waals surface area (Å²) in [5.41, 5.74) is 0.827. The molecule has 0 atom stereocenters. The molecule has 0 saturated carbocycles. The number of phenolic OH excluding ortho intramolecular Hbond substituents is 2. The van der Waals surface area contributed by atoms with Crippen LogP contribution in [0.25, 0.3) is 21.9 Å². The van der Waals surface area contributed by atoms with E-state index in [0.29, 0.717) is 5.56 Å². The number of hydrogen-bond donors (Lipinski definition) is 2.